The number of halogens is 1. The fourth-order valence-electron chi connectivity index (χ4n) is 4.48. The van der Waals surface area contributed by atoms with Gasteiger partial charge in [0.2, 0.25) is 0 Å². The number of rotatable bonds is 7. The lowest BCUT2D eigenvalue weighted by Gasteiger charge is -2.28. The molecule has 2 saturated heterocycles. The van der Waals surface area contributed by atoms with E-state index in [1.165, 1.54) is 38.4 Å². The van der Waals surface area contributed by atoms with E-state index in [9.17, 15) is 14.7 Å². The van der Waals surface area contributed by atoms with E-state index in [0.29, 0.717) is 23.7 Å². The van der Waals surface area contributed by atoms with Crippen molar-refractivity contribution >= 4 is 29.1 Å². The maximum Gasteiger partial charge on any atom is 0.295 e. The molecule has 1 amide bonds. The van der Waals surface area contributed by atoms with E-state index >= 15 is 0 Å². The van der Waals surface area contributed by atoms with Crippen LogP contribution < -0.4 is 14.2 Å². The first-order chi connectivity index (χ1) is 16.4. The highest BCUT2D eigenvalue weighted by molar-refractivity contribution is 6.46. The predicted molar refractivity (Wildman–Crippen MR) is 126 cm³/mol. The summed E-state index contributed by atoms with van der Waals surface area (Å²) in [4.78, 5) is 28.0. The standard InChI is InChI=1S/C25H26ClNO7/c1-31-18-9-5-4-8-15(18)22-21(24(29)25(30)27(22)13-14-7-6-10-34-14)23(28)16-11-17(26)20(33-3)12-19(16)32-2/h4-5,8-9,11-12,14,22,28H,6-7,10,13H2,1-3H3/b23-21+. The van der Waals surface area contributed by atoms with Crippen molar-refractivity contribution < 1.29 is 33.6 Å². The fraction of sp³-hybridized carbons (Fsp3) is 0.360. The van der Waals surface area contributed by atoms with Gasteiger partial charge < -0.3 is 29.0 Å². The van der Waals surface area contributed by atoms with Crippen molar-refractivity contribution in [2.75, 3.05) is 34.5 Å². The van der Waals surface area contributed by atoms with Gasteiger partial charge in [0.1, 0.15) is 23.0 Å². The first kappa shape index (κ1) is 23.9. The largest absolute Gasteiger partial charge is 0.507 e. The van der Waals surface area contributed by atoms with Crippen LogP contribution in [0.1, 0.15) is 30.0 Å². The monoisotopic (exact) mass is 487 g/mol. The van der Waals surface area contributed by atoms with Crippen LogP contribution >= 0.6 is 11.6 Å². The molecule has 180 valence electrons. The molecular weight excluding hydrogens is 462 g/mol. The fourth-order valence-corrected chi connectivity index (χ4v) is 4.72. The molecule has 0 saturated carbocycles. The molecule has 0 aromatic heterocycles. The third-order valence-corrected chi connectivity index (χ3v) is 6.42. The van der Waals surface area contributed by atoms with Crippen LogP contribution in [0.25, 0.3) is 5.76 Å². The topological polar surface area (TPSA) is 94.5 Å². The van der Waals surface area contributed by atoms with E-state index < -0.39 is 23.5 Å². The zero-order valence-corrected chi connectivity index (χ0v) is 19.9. The number of hydrogen-bond donors (Lipinski definition) is 1. The van der Waals surface area contributed by atoms with Gasteiger partial charge in [-0.25, -0.2) is 0 Å². The Kier molecular flexibility index (Phi) is 7.00. The zero-order valence-electron chi connectivity index (χ0n) is 19.2. The number of ether oxygens (including phenoxy) is 4. The molecule has 34 heavy (non-hydrogen) atoms. The Labute approximate surface area is 202 Å². The molecule has 0 spiro atoms. The van der Waals surface area contributed by atoms with Gasteiger partial charge in [-0.3, -0.25) is 9.59 Å². The number of methoxy groups -OCH3 is 3. The molecule has 2 atom stereocenters. The van der Waals surface area contributed by atoms with E-state index in [-0.39, 0.29) is 34.6 Å². The van der Waals surface area contributed by atoms with Gasteiger partial charge in [0, 0.05) is 24.8 Å². The van der Waals surface area contributed by atoms with Crippen LogP contribution in [0.2, 0.25) is 5.02 Å². The number of benzene rings is 2. The number of Topliss-reactive ketones (excluding diaryl/α,β-unsaturated/α-hetero) is 1. The quantitative estimate of drug-likeness (QED) is 0.359. The number of nitrogens with zero attached hydrogens (tertiary/aromatic N) is 1. The molecule has 0 bridgehead atoms. The van der Waals surface area contributed by atoms with Crippen LogP contribution in [0, 0.1) is 0 Å². The highest BCUT2D eigenvalue weighted by atomic mass is 35.5. The van der Waals surface area contributed by atoms with Gasteiger partial charge in [-0.2, -0.15) is 0 Å². The summed E-state index contributed by atoms with van der Waals surface area (Å²) in [6.45, 7) is 0.819. The number of carbonyl (C=O) groups is 2. The number of aliphatic hydroxyl groups excluding tert-OH is 1. The molecule has 4 rings (SSSR count). The highest BCUT2D eigenvalue weighted by Gasteiger charge is 2.48. The molecule has 1 N–H and O–H groups in total. The van der Waals surface area contributed by atoms with Crippen LogP contribution in [0.5, 0.6) is 17.2 Å². The zero-order chi connectivity index (χ0) is 24.4. The maximum atomic E-state index is 13.3. The van der Waals surface area contributed by atoms with E-state index in [4.69, 9.17) is 30.5 Å². The third kappa shape index (κ3) is 4.19. The average Bonchev–Trinajstić information content (AvgIpc) is 3.45. The summed E-state index contributed by atoms with van der Waals surface area (Å²) in [5.74, 6) is -0.854. The first-order valence-corrected chi connectivity index (χ1v) is 11.2. The second kappa shape index (κ2) is 9.95. The minimum Gasteiger partial charge on any atom is -0.507 e. The van der Waals surface area contributed by atoms with Gasteiger partial charge in [0.15, 0.2) is 0 Å². The summed E-state index contributed by atoms with van der Waals surface area (Å²) in [6.07, 6.45) is 1.47. The van der Waals surface area contributed by atoms with Crippen LogP contribution in [-0.2, 0) is 14.3 Å². The van der Waals surface area contributed by atoms with Crippen LogP contribution in [0.4, 0.5) is 0 Å². The molecular formula is C25H26ClNO7. The Morgan fingerprint density at radius 2 is 1.79 bits per heavy atom. The normalized spacial score (nSPS) is 21.7. The molecule has 2 heterocycles. The summed E-state index contributed by atoms with van der Waals surface area (Å²) in [5.41, 5.74) is 0.665. The van der Waals surface area contributed by atoms with Crippen LogP contribution in [-0.4, -0.2) is 62.3 Å². The highest BCUT2D eigenvalue weighted by Crippen LogP contribution is 2.45. The number of ketones is 1. The van der Waals surface area contributed by atoms with E-state index in [2.05, 4.69) is 0 Å². The Morgan fingerprint density at radius 1 is 1.09 bits per heavy atom. The lowest BCUT2D eigenvalue weighted by atomic mass is 9.94. The third-order valence-electron chi connectivity index (χ3n) is 6.13. The molecule has 8 nitrogen and oxygen atoms in total. The Balaban J connectivity index is 1.92. The second-order valence-corrected chi connectivity index (χ2v) is 8.42. The molecule has 2 fully saturated rings. The maximum absolute atomic E-state index is 13.3. The molecule has 0 radical (unpaired) electrons. The van der Waals surface area contributed by atoms with Gasteiger partial charge in [-0.05, 0) is 25.0 Å². The molecule has 2 aliphatic rings. The van der Waals surface area contributed by atoms with Crippen molar-refractivity contribution in [1.29, 1.82) is 0 Å². The van der Waals surface area contributed by atoms with Crippen molar-refractivity contribution in [2.24, 2.45) is 0 Å². The van der Waals surface area contributed by atoms with E-state index in [1.807, 2.05) is 0 Å². The minimum absolute atomic E-state index is 0.0768. The number of aliphatic hydroxyl groups is 1. The molecule has 9 heteroatoms. The molecule has 2 unspecified atom stereocenters. The lowest BCUT2D eigenvalue weighted by molar-refractivity contribution is -0.140. The number of hydrogen-bond acceptors (Lipinski definition) is 7. The summed E-state index contributed by atoms with van der Waals surface area (Å²) >= 11 is 6.30. The second-order valence-electron chi connectivity index (χ2n) is 8.02. The molecule has 2 aromatic rings. The number of amides is 1. The van der Waals surface area contributed by atoms with Gasteiger partial charge in [-0.1, -0.05) is 29.8 Å². The number of para-hydroxylation sites is 1. The van der Waals surface area contributed by atoms with Crippen molar-refractivity contribution in [3.8, 4) is 17.2 Å². The van der Waals surface area contributed by atoms with Gasteiger partial charge in [0.05, 0.1) is 49.6 Å². The summed E-state index contributed by atoms with van der Waals surface area (Å²) in [7, 11) is 4.39. The molecule has 2 aliphatic heterocycles. The Bertz CT molecular complexity index is 1140. The Hall–Kier alpha value is -3.23. The lowest BCUT2D eigenvalue weighted by Crippen LogP contribution is -2.36. The average molecular weight is 488 g/mol. The summed E-state index contributed by atoms with van der Waals surface area (Å²) in [5, 5.41) is 11.6. The first-order valence-electron chi connectivity index (χ1n) is 10.9. The van der Waals surface area contributed by atoms with Crippen LogP contribution in [0.15, 0.2) is 42.0 Å². The van der Waals surface area contributed by atoms with Gasteiger partial charge in [0.25, 0.3) is 11.7 Å². The molecule has 2 aromatic carbocycles. The van der Waals surface area contributed by atoms with Crippen molar-refractivity contribution in [1.82, 2.24) is 4.90 Å². The van der Waals surface area contributed by atoms with Gasteiger partial charge in [-0.15, -0.1) is 0 Å². The summed E-state index contributed by atoms with van der Waals surface area (Å²) in [6, 6.07) is 9.16. The number of carbonyl (C=O) groups excluding carboxylic acids is 2. The smallest absolute Gasteiger partial charge is 0.295 e. The van der Waals surface area contributed by atoms with Crippen molar-refractivity contribution in [3.05, 3.63) is 58.1 Å². The minimum atomic E-state index is -0.883. The van der Waals surface area contributed by atoms with Crippen LogP contribution in [0.3, 0.4) is 0 Å². The van der Waals surface area contributed by atoms with Crippen molar-refractivity contribution in [2.45, 2.75) is 25.0 Å². The van der Waals surface area contributed by atoms with E-state index in [0.717, 1.165) is 12.8 Å². The van der Waals surface area contributed by atoms with Crippen molar-refractivity contribution in [3.63, 3.8) is 0 Å². The number of likely N-dealkylation sites (tertiary alicyclic amines) is 1. The summed E-state index contributed by atoms with van der Waals surface area (Å²) < 4.78 is 21.9. The molecule has 0 aliphatic carbocycles. The van der Waals surface area contributed by atoms with E-state index in [1.54, 1.807) is 24.3 Å². The SMILES string of the molecule is COc1cc(OC)c(/C(O)=C2\C(=O)C(=O)N(CC3CCCO3)C2c2ccccc2OC)cc1Cl. The predicted octanol–water partition coefficient (Wildman–Crippen LogP) is 3.97. The Morgan fingerprint density at radius 3 is 2.44 bits per heavy atom. The van der Waals surface area contributed by atoms with Gasteiger partial charge >= 0.3 is 0 Å².